The first-order chi connectivity index (χ1) is 13.7. The molecule has 0 unspecified atom stereocenters. The highest BCUT2D eigenvalue weighted by atomic mass is 16.5. The lowest BCUT2D eigenvalue weighted by atomic mass is 9.97. The Balaban J connectivity index is 1.59. The van der Waals surface area contributed by atoms with Crippen molar-refractivity contribution in [1.29, 1.82) is 0 Å². The summed E-state index contributed by atoms with van der Waals surface area (Å²) < 4.78 is 11.2. The van der Waals surface area contributed by atoms with E-state index in [1.165, 1.54) is 6.92 Å². The lowest BCUT2D eigenvalue weighted by molar-refractivity contribution is 0.101. The molecule has 0 radical (unpaired) electrons. The Bertz CT molecular complexity index is 1020. The molecule has 0 fully saturated rings. The molecule has 0 aliphatic rings. The van der Waals surface area contributed by atoms with E-state index in [1.807, 2.05) is 20.8 Å². The molecule has 1 heterocycles. The first-order valence-corrected chi connectivity index (χ1v) is 9.01. The summed E-state index contributed by atoms with van der Waals surface area (Å²) in [5.41, 5.74) is 0.833. The average molecular weight is 394 g/mol. The number of ether oxygens (including phenoxy) is 1. The van der Waals surface area contributed by atoms with Crippen LogP contribution in [0.1, 0.15) is 43.9 Å². The largest absolute Gasteiger partial charge is 0.457 e. The summed E-state index contributed by atoms with van der Waals surface area (Å²) in [6, 6.07) is 13.3. The fraction of sp³-hybridized carbons (Fsp3) is 0.238. The molecule has 2 N–H and O–H groups in total. The maximum Gasteiger partial charge on any atom is 0.327 e. The van der Waals surface area contributed by atoms with Crippen LogP contribution >= 0.6 is 0 Å². The maximum atomic E-state index is 12.1. The highest BCUT2D eigenvalue weighted by molar-refractivity contribution is 5.98. The summed E-state index contributed by atoms with van der Waals surface area (Å²) in [5, 5.41) is 12.9. The van der Waals surface area contributed by atoms with Crippen molar-refractivity contribution in [3.63, 3.8) is 0 Å². The van der Waals surface area contributed by atoms with Crippen LogP contribution in [0.2, 0.25) is 0 Å². The van der Waals surface area contributed by atoms with Crippen LogP contribution in [0, 0.1) is 0 Å². The van der Waals surface area contributed by atoms with Crippen molar-refractivity contribution in [2.24, 2.45) is 0 Å². The molecule has 1 aromatic heterocycles. The third-order valence-corrected chi connectivity index (χ3v) is 3.88. The van der Waals surface area contributed by atoms with Gasteiger partial charge in [0.1, 0.15) is 11.5 Å². The SMILES string of the molecule is CC(=O)c1cccc(Oc2ccc(NC(=O)Nc3nnc(C(C)(C)C)o3)cc2)c1. The fourth-order valence-corrected chi connectivity index (χ4v) is 2.36. The molecule has 2 aromatic carbocycles. The van der Waals surface area contributed by atoms with E-state index in [0.717, 1.165) is 0 Å². The number of nitrogens with one attached hydrogen (secondary N) is 2. The summed E-state index contributed by atoms with van der Waals surface area (Å²) in [6.07, 6.45) is 0. The van der Waals surface area contributed by atoms with E-state index >= 15 is 0 Å². The van der Waals surface area contributed by atoms with Gasteiger partial charge >= 0.3 is 12.0 Å². The molecule has 8 nitrogen and oxygen atoms in total. The zero-order valence-electron chi connectivity index (χ0n) is 16.6. The second-order valence-electron chi connectivity index (χ2n) is 7.45. The minimum atomic E-state index is -0.503. The van der Waals surface area contributed by atoms with Crippen LogP contribution in [0.5, 0.6) is 11.5 Å². The van der Waals surface area contributed by atoms with E-state index < -0.39 is 6.03 Å². The standard InChI is InChI=1S/C21H22N4O4/c1-13(26)14-6-5-7-17(12-14)28-16-10-8-15(9-11-16)22-19(27)23-20-25-24-18(29-20)21(2,3)4/h5-12H,1-4H3,(H2,22,23,25,27). The van der Waals surface area contributed by atoms with Crippen molar-refractivity contribution < 1.29 is 18.7 Å². The zero-order chi connectivity index (χ0) is 21.0. The Kier molecular flexibility index (Phi) is 5.63. The predicted octanol–water partition coefficient (Wildman–Crippen LogP) is 5.01. The van der Waals surface area contributed by atoms with Gasteiger partial charge < -0.3 is 14.5 Å². The van der Waals surface area contributed by atoms with Crippen molar-refractivity contribution in [3.8, 4) is 11.5 Å². The van der Waals surface area contributed by atoms with Gasteiger partial charge in [-0.3, -0.25) is 10.1 Å². The number of anilines is 2. The van der Waals surface area contributed by atoms with Gasteiger partial charge in [0.05, 0.1) is 0 Å². The lowest BCUT2D eigenvalue weighted by Gasteiger charge is -2.11. The van der Waals surface area contributed by atoms with E-state index in [1.54, 1.807) is 48.5 Å². The van der Waals surface area contributed by atoms with Crippen molar-refractivity contribution in [2.45, 2.75) is 33.1 Å². The zero-order valence-corrected chi connectivity index (χ0v) is 16.6. The van der Waals surface area contributed by atoms with Crippen LogP contribution in [0.4, 0.5) is 16.5 Å². The Morgan fingerprint density at radius 3 is 2.31 bits per heavy atom. The average Bonchev–Trinajstić information content (AvgIpc) is 3.12. The number of benzene rings is 2. The second-order valence-corrected chi connectivity index (χ2v) is 7.45. The molecule has 0 spiro atoms. The van der Waals surface area contributed by atoms with Gasteiger partial charge in [-0.1, -0.05) is 38.0 Å². The summed E-state index contributed by atoms with van der Waals surface area (Å²) in [7, 11) is 0. The fourth-order valence-electron chi connectivity index (χ4n) is 2.36. The van der Waals surface area contributed by atoms with Gasteiger partial charge in [-0.2, -0.15) is 0 Å². The molecule has 3 rings (SSSR count). The Hall–Kier alpha value is -3.68. The molecule has 0 bridgehead atoms. The monoisotopic (exact) mass is 394 g/mol. The van der Waals surface area contributed by atoms with E-state index in [0.29, 0.717) is 28.6 Å². The molecule has 0 saturated heterocycles. The van der Waals surface area contributed by atoms with E-state index in [9.17, 15) is 9.59 Å². The molecular weight excluding hydrogens is 372 g/mol. The van der Waals surface area contributed by atoms with E-state index in [2.05, 4.69) is 20.8 Å². The number of carbonyl (C=O) groups excluding carboxylic acids is 2. The molecule has 3 aromatic rings. The van der Waals surface area contributed by atoms with Crippen LogP contribution in [0.25, 0.3) is 0 Å². The maximum absolute atomic E-state index is 12.1. The Morgan fingerprint density at radius 2 is 1.69 bits per heavy atom. The van der Waals surface area contributed by atoms with Crippen LogP contribution in [-0.2, 0) is 5.41 Å². The lowest BCUT2D eigenvalue weighted by Crippen LogP contribution is -2.19. The molecule has 2 amide bonds. The summed E-state index contributed by atoms with van der Waals surface area (Å²) in [5.74, 6) is 1.53. The summed E-state index contributed by atoms with van der Waals surface area (Å²) >= 11 is 0. The molecular formula is C21H22N4O4. The number of urea groups is 1. The minimum absolute atomic E-state index is 0.0257. The number of carbonyl (C=O) groups is 2. The minimum Gasteiger partial charge on any atom is -0.457 e. The van der Waals surface area contributed by atoms with Gasteiger partial charge in [-0.15, -0.1) is 5.10 Å². The van der Waals surface area contributed by atoms with Crippen LogP contribution in [0.15, 0.2) is 52.9 Å². The van der Waals surface area contributed by atoms with Crippen molar-refractivity contribution in [2.75, 3.05) is 10.6 Å². The number of ketones is 1. The number of hydrogen-bond acceptors (Lipinski definition) is 6. The van der Waals surface area contributed by atoms with E-state index in [-0.39, 0.29) is 17.2 Å². The van der Waals surface area contributed by atoms with Crippen LogP contribution in [0.3, 0.4) is 0 Å². The number of Topliss-reactive ketones (excluding diaryl/α,β-unsaturated/α-hetero) is 1. The number of nitrogens with zero attached hydrogens (tertiary/aromatic N) is 2. The Labute approximate surface area is 168 Å². The second kappa shape index (κ2) is 8.14. The van der Waals surface area contributed by atoms with Gasteiger partial charge in [0.15, 0.2) is 5.78 Å². The molecule has 29 heavy (non-hydrogen) atoms. The molecule has 150 valence electrons. The van der Waals surface area contributed by atoms with Crippen molar-refractivity contribution in [3.05, 3.63) is 60.0 Å². The normalized spacial score (nSPS) is 11.0. The van der Waals surface area contributed by atoms with Gasteiger partial charge in [0.25, 0.3) is 0 Å². The Morgan fingerprint density at radius 1 is 0.966 bits per heavy atom. The van der Waals surface area contributed by atoms with E-state index in [4.69, 9.17) is 9.15 Å². The number of hydrogen-bond donors (Lipinski definition) is 2. The molecule has 0 saturated carbocycles. The van der Waals surface area contributed by atoms with Crippen molar-refractivity contribution in [1.82, 2.24) is 10.2 Å². The third-order valence-electron chi connectivity index (χ3n) is 3.88. The number of amides is 2. The molecule has 8 heteroatoms. The number of aromatic nitrogens is 2. The summed E-state index contributed by atoms with van der Waals surface area (Å²) in [4.78, 5) is 23.6. The molecule has 0 aliphatic carbocycles. The molecule has 0 aliphatic heterocycles. The van der Waals surface area contributed by atoms with Gasteiger partial charge in [0, 0.05) is 16.7 Å². The third kappa shape index (κ3) is 5.41. The first-order valence-electron chi connectivity index (χ1n) is 9.01. The topological polar surface area (TPSA) is 106 Å². The first kappa shape index (κ1) is 20.1. The highest BCUT2D eigenvalue weighted by Crippen LogP contribution is 2.25. The van der Waals surface area contributed by atoms with Crippen molar-refractivity contribution >= 4 is 23.5 Å². The smallest absolute Gasteiger partial charge is 0.327 e. The molecule has 0 atom stereocenters. The van der Waals surface area contributed by atoms with Crippen LogP contribution < -0.4 is 15.4 Å². The highest BCUT2D eigenvalue weighted by Gasteiger charge is 2.22. The van der Waals surface area contributed by atoms with Gasteiger partial charge in [-0.05, 0) is 43.3 Å². The predicted molar refractivity (Wildman–Crippen MR) is 109 cm³/mol. The van der Waals surface area contributed by atoms with Gasteiger partial charge in [-0.25, -0.2) is 4.79 Å². The summed E-state index contributed by atoms with van der Waals surface area (Å²) in [6.45, 7) is 7.31. The van der Waals surface area contributed by atoms with Gasteiger partial charge in [0.2, 0.25) is 5.89 Å². The quantitative estimate of drug-likeness (QED) is 0.590. The number of rotatable bonds is 5. The van der Waals surface area contributed by atoms with Crippen LogP contribution in [-0.4, -0.2) is 22.0 Å².